The Bertz CT molecular complexity index is 474. The van der Waals surface area contributed by atoms with Gasteiger partial charge >= 0.3 is 0 Å². The summed E-state index contributed by atoms with van der Waals surface area (Å²) in [6.07, 6.45) is 4.32. The van der Waals surface area contributed by atoms with Crippen molar-refractivity contribution in [2.75, 3.05) is 19.0 Å². The summed E-state index contributed by atoms with van der Waals surface area (Å²) in [5, 5.41) is 3.05. The van der Waals surface area contributed by atoms with Gasteiger partial charge in [0.25, 0.3) is 0 Å². The molecule has 0 aromatic heterocycles. The molecule has 2 atom stereocenters. The summed E-state index contributed by atoms with van der Waals surface area (Å²) in [5.74, 6) is 1.28. The number of aryl methyl sites for hydroxylation is 1. The van der Waals surface area contributed by atoms with Crippen molar-refractivity contribution in [3.8, 4) is 5.75 Å². The van der Waals surface area contributed by atoms with Crippen LogP contribution in [0.2, 0.25) is 0 Å². The molecular weight excluding hydrogens is 252 g/mol. The molecule has 4 heteroatoms. The first kappa shape index (κ1) is 14.9. The maximum atomic E-state index is 12.4. The Kier molecular flexibility index (Phi) is 5.01. The van der Waals surface area contributed by atoms with E-state index in [4.69, 9.17) is 10.5 Å². The van der Waals surface area contributed by atoms with Crippen molar-refractivity contribution in [1.29, 1.82) is 0 Å². The molecule has 20 heavy (non-hydrogen) atoms. The van der Waals surface area contributed by atoms with Crippen LogP contribution in [0, 0.1) is 18.8 Å². The molecule has 110 valence electrons. The topological polar surface area (TPSA) is 64.3 Å². The number of carbonyl (C=O) groups excluding carboxylic acids is 1. The van der Waals surface area contributed by atoms with E-state index in [9.17, 15) is 4.79 Å². The lowest BCUT2D eigenvalue weighted by Gasteiger charge is -2.29. The molecule has 1 aliphatic rings. The van der Waals surface area contributed by atoms with E-state index in [1.165, 1.54) is 6.42 Å². The molecule has 1 fully saturated rings. The lowest BCUT2D eigenvalue weighted by atomic mass is 9.78. The van der Waals surface area contributed by atoms with Crippen molar-refractivity contribution < 1.29 is 9.53 Å². The van der Waals surface area contributed by atoms with Crippen molar-refractivity contribution in [3.63, 3.8) is 0 Å². The molecule has 0 spiro atoms. The zero-order valence-electron chi connectivity index (χ0n) is 12.3. The van der Waals surface area contributed by atoms with Gasteiger partial charge in [-0.2, -0.15) is 0 Å². The van der Waals surface area contributed by atoms with Crippen molar-refractivity contribution in [3.05, 3.63) is 23.8 Å². The average Bonchev–Trinajstić information content (AvgIpc) is 2.49. The van der Waals surface area contributed by atoms with Gasteiger partial charge in [-0.05, 0) is 56.0 Å². The Morgan fingerprint density at radius 1 is 1.40 bits per heavy atom. The molecule has 1 aliphatic carbocycles. The number of methoxy groups -OCH3 is 1. The number of nitrogens with one attached hydrogen (secondary N) is 1. The minimum atomic E-state index is 0.0512. The predicted octanol–water partition coefficient (Wildman–Crippen LogP) is 2.71. The molecule has 0 aliphatic heterocycles. The Morgan fingerprint density at radius 2 is 2.15 bits per heavy atom. The first-order valence-electron chi connectivity index (χ1n) is 7.31. The SMILES string of the molecule is COc1ccc(NC(=O)C2CCCCC2CN)c(C)c1. The second-order valence-corrected chi connectivity index (χ2v) is 5.56. The van der Waals surface area contributed by atoms with Crippen LogP contribution in [-0.4, -0.2) is 19.6 Å². The minimum Gasteiger partial charge on any atom is -0.497 e. The number of carbonyl (C=O) groups is 1. The van der Waals surface area contributed by atoms with Crippen LogP contribution in [0.1, 0.15) is 31.2 Å². The minimum absolute atomic E-state index is 0.0512. The Hall–Kier alpha value is -1.55. The van der Waals surface area contributed by atoms with Crippen LogP contribution in [0.15, 0.2) is 18.2 Å². The number of ether oxygens (including phenoxy) is 1. The van der Waals surface area contributed by atoms with Crippen molar-refractivity contribution in [2.45, 2.75) is 32.6 Å². The molecule has 2 unspecified atom stereocenters. The van der Waals surface area contributed by atoms with Gasteiger partial charge in [0.05, 0.1) is 7.11 Å². The van der Waals surface area contributed by atoms with E-state index in [0.717, 1.165) is 36.3 Å². The van der Waals surface area contributed by atoms with Gasteiger partial charge in [0.1, 0.15) is 5.75 Å². The molecule has 0 bridgehead atoms. The van der Waals surface area contributed by atoms with E-state index in [2.05, 4.69) is 5.32 Å². The van der Waals surface area contributed by atoms with Gasteiger partial charge in [0.15, 0.2) is 0 Å². The normalized spacial score (nSPS) is 22.4. The molecule has 0 saturated heterocycles. The Morgan fingerprint density at radius 3 is 2.80 bits per heavy atom. The second-order valence-electron chi connectivity index (χ2n) is 5.56. The Labute approximate surface area is 120 Å². The number of benzene rings is 1. The third-order valence-corrected chi connectivity index (χ3v) is 4.24. The number of hydrogen-bond acceptors (Lipinski definition) is 3. The number of hydrogen-bond donors (Lipinski definition) is 2. The molecule has 1 saturated carbocycles. The number of rotatable bonds is 4. The highest BCUT2D eigenvalue weighted by Crippen LogP contribution is 2.31. The monoisotopic (exact) mass is 276 g/mol. The molecule has 1 aromatic carbocycles. The highest BCUT2D eigenvalue weighted by Gasteiger charge is 2.30. The van der Waals surface area contributed by atoms with Gasteiger partial charge in [-0.1, -0.05) is 12.8 Å². The summed E-state index contributed by atoms with van der Waals surface area (Å²) in [7, 11) is 1.64. The fraction of sp³-hybridized carbons (Fsp3) is 0.562. The van der Waals surface area contributed by atoms with Crippen LogP contribution in [0.5, 0.6) is 5.75 Å². The lowest BCUT2D eigenvalue weighted by molar-refractivity contribution is -0.122. The van der Waals surface area contributed by atoms with E-state index in [-0.39, 0.29) is 11.8 Å². The van der Waals surface area contributed by atoms with Gasteiger partial charge < -0.3 is 15.8 Å². The summed E-state index contributed by atoms with van der Waals surface area (Å²) >= 11 is 0. The highest BCUT2D eigenvalue weighted by molar-refractivity contribution is 5.93. The fourth-order valence-electron chi connectivity index (χ4n) is 2.96. The lowest BCUT2D eigenvalue weighted by Crippen LogP contribution is -2.35. The van der Waals surface area contributed by atoms with E-state index < -0.39 is 0 Å². The smallest absolute Gasteiger partial charge is 0.227 e. The third-order valence-electron chi connectivity index (χ3n) is 4.24. The van der Waals surface area contributed by atoms with Gasteiger partial charge in [0.2, 0.25) is 5.91 Å². The fourth-order valence-corrected chi connectivity index (χ4v) is 2.96. The summed E-state index contributed by atoms with van der Waals surface area (Å²) in [5.41, 5.74) is 7.67. The standard InChI is InChI=1S/C16H24N2O2/c1-11-9-13(20-2)7-8-15(11)18-16(19)14-6-4-3-5-12(14)10-17/h7-9,12,14H,3-6,10,17H2,1-2H3,(H,18,19). The third kappa shape index (κ3) is 3.31. The van der Waals surface area contributed by atoms with Crippen LogP contribution >= 0.6 is 0 Å². The van der Waals surface area contributed by atoms with Gasteiger partial charge in [-0.3, -0.25) is 4.79 Å². The van der Waals surface area contributed by atoms with Gasteiger partial charge in [0, 0.05) is 11.6 Å². The van der Waals surface area contributed by atoms with Crippen LogP contribution in [0.4, 0.5) is 5.69 Å². The summed E-state index contributed by atoms with van der Waals surface area (Å²) in [4.78, 5) is 12.4. The highest BCUT2D eigenvalue weighted by atomic mass is 16.5. The predicted molar refractivity (Wildman–Crippen MR) is 80.9 cm³/mol. The molecular formula is C16H24N2O2. The van der Waals surface area contributed by atoms with Crippen molar-refractivity contribution >= 4 is 11.6 Å². The van der Waals surface area contributed by atoms with Crippen LogP contribution in [0.3, 0.4) is 0 Å². The van der Waals surface area contributed by atoms with Crippen molar-refractivity contribution in [1.82, 2.24) is 0 Å². The van der Waals surface area contributed by atoms with Crippen LogP contribution in [-0.2, 0) is 4.79 Å². The number of anilines is 1. The van der Waals surface area contributed by atoms with Crippen LogP contribution in [0.25, 0.3) is 0 Å². The second kappa shape index (κ2) is 6.75. The van der Waals surface area contributed by atoms with E-state index >= 15 is 0 Å². The van der Waals surface area contributed by atoms with Gasteiger partial charge in [-0.15, -0.1) is 0 Å². The Balaban J connectivity index is 2.07. The quantitative estimate of drug-likeness (QED) is 0.888. The summed E-state index contributed by atoms with van der Waals surface area (Å²) < 4.78 is 5.18. The summed E-state index contributed by atoms with van der Waals surface area (Å²) in [6.45, 7) is 2.57. The molecule has 3 N–H and O–H groups in total. The first-order chi connectivity index (χ1) is 9.65. The molecule has 0 heterocycles. The molecule has 1 amide bonds. The average molecular weight is 276 g/mol. The first-order valence-corrected chi connectivity index (χ1v) is 7.31. The zero-order valence-corrected chi connectivity index (χ0v) is 12.3. The van der Waals surface area contributed by atoms with Crippen LogP contribution < -0.4 is 15.8 Å². The van der Waals surface area contributed by atoms with Crippen molar-refractivity contribution in [2.24, 2.45) is 17.6 Å². The maximum absolute atomic E-state index is 12.4. The maximum Gasteiger partial charge on any atom is 0.227 e. The number of nitrogens with two attached hydrogens (primary N) is 1. The van der Waals surface area contributed by atoms with E-state index in [0.29, 0.717) is 12.5 Å². The van der Waals surface area contributed by atoms with E-state index in [1.807, 2.05) is 25.1 Å². The largest absolute Gasteiger partial charge is 0.497 e. The molecule has 4 nitrogen and oxygen atoms in total. The molecule has 0 radical (unpaired) electrons. The summed E-state index contributed by atoms with van der Waals surface area (Å²) in [6, 6.07) is 5.69. The molecule has 1 aromatic rings. The van der Waals surface area contributed by atoms with E-state index in [1.54, 1.807) is 7.11 Å². The number of amides is 1. The van der Waals surface area contributed by atoms with Gasteiger partial charge in [-0.25, -0.2) is 0 Å². The zero-order chi connectivity index (χ0) is 14.5. The molecule has 2 rings (SSSR count).